The molecule has 0 amide bonds. The van der Waals surface area contributed by atoms with E-state index in [0.717, 1.165) is 9.99 Å². The van der Waals surface area contributed by atoms with Crippen molar-refractivity contribution in [2.45, 2.75) is 6.42 Å². The van der Waals surface area contributed by atoms with Crippen LogP contribution in [0.5, 0.6) is 5.75 Å². The summed E-state index contributed by atoms with van der Waals surface area (Å²) in [6.45, 7) is 2.27. The molecule has 1 aromatic rings. The van der Waals surface area contributed by atoms with E-state index in [4.69, 9.17) is 25.2 Å². The lowest BCUT2D eigenvalue weighted by atomic mass is 10.2. The molecular formula is C13H17IN2O3. The lowest BCUT2D eigenvalue weighted by Crippen LogP contribution is -2.10. The van der Waals surface area contributed by atoms with Crippen LogP contribution in [-0.2, 0) is 9.47 Å². The zero-order valence-electron chi connectivity index (χ0n) is 10.8. The average Bonchev–Trinajstić information content (AvgIpc) is 2.40. The molecule has 0 atom stereocenters. The molecule has 2 N–H and O–H groups in total. The van der Waals surface area contributed by atoms with Crippen LogP contribution in [0.2, 0.25) is 0 Å². The Hall–Kier alpha value is -1.04. The Balaban J connectivity index is 2.36. The van der Waals surface area contributed by atoms with Crippen LogP contribution in [0.1, 0.15) is 12.0 Å². The highest BCUT2D eigenvalue weighted by Crippen LogP contribution is 2.29. The minimum Gasteiger partial charge on any atom is -0.488 e. The number of benzene rings is 1. The van der Waals surface area contributed by atoms with Gasteiger partial charge in [0.1, 0.15) is 6.61 Å². The fourth-order valence-corrected chi connectivity index (χ4v) is 2.24. The van der Waals surface area contributed by atoms with Crippen LogP contribution in [0.3, 0.4) is 0 Å². The molecule has 6 heteroatoms. The molecule has 0 bridgehead atoms. The summed E-state index contributed by atoms with van der Waals surface area (Å²) in [5, 5.41) is 8.81. The molecule has 0 spiro atoms. The van der Waals surface area contributed by atoms with E-state index in [-0.39, 0.29) is 0 Å². The molecule has 0 saturated carbocycles. The van der Waals surface area contributed by atoms with Crippen molar-refractivity contribution in [1.82, 2.24) is 0 Å². The zero-order valence-corrected chi connectivity index (χ0v) is 13.0. The number of halogens is 1. The first-order valence-electron chi connectivity index (χ1n) is 5.87. The van der Waals surface area contributed by atoms with Crippen molar-refractivity contribution >= 4 is 28.3 Å². The van der Waals surface area contributed by atoms with Gasteiger partial charge in [-0.3, -0.25) is 0 Å². The van der Waals surface area contributed by atoms with Crippen LogP contribution in [-0.4, -0.2) is 33.5 Å². The average molecular weight is 376 g/mol. The number of methoxy groups -OCH3 is 1. The topological polar surface area (TPSA) is 77.5 Å². The molecule has 0 unspecified atom stereocenters. The van der Waals surface area contributed by atoms with Gasteiger partial charge in [-0.05, 0) is 41.1 Å². The lowest BCUT2D eigenvalue weighted by Gasteiger charge is -2.11. The van der Waals surface area contributed by atoms with Gasteiger partial charge in [0, 0.05) is 20.3 Å². The Kier molecular flexibility index (Phi) is 7.55. The maximum atomic E-state index is 8.81. The van der Waals surface area contributed by atoms with Gasteiger partial charge in [0.25, 0.3) is 0 Å². The van der Waals surface area contributed by atoms with E-state index in [9.17, 15) is 0 Å². The Morgan fingerprint density at radius 1 is 1.26 bits per heavy atom. The van der Waals surface area contributed by atoms with Crippen LogP contribution < -0.4 is 10.5 Å². The molecule has 0 aliphatic rings. The van der Waals surface area contributed by atoms with Crippen molar-refractivity contribution < 1.29 is 14.2 Å². The highest BCUT2D eigenvalue weighted by atomic mass is 127. The van der Waals surface area contributed by atoms with E-state index in [1.165, 1.54) is 0 Å². The van der Waals surface area contributed by atoms with Crippen LogP contribution in [0.15, 0.2) is 12.1 Å². The van der Waals surface area contributed by atoms with Gasteiger partial charge in [-0.25, -0.2) is 0 Å². The van der Waals surface area contributed by atoms with E-state index in [1.807, 2.05) is 0 Å². The summed E-state index contributed by atoms with van der Waals surface area (Å²) >= 11 is 2.10. The van der Waals surface area contributed by atoms with Crippen LogP contribution in [0, 0.1) is 14.9 Å². The Labute approximate surface area is 126 Å². The zero-order chi connectivity index (χ0) is 14.1. The van der Waals surface area contributed by atoms with Gasteiger partial charge < -0.3 is 19.9 Å². The molecule has 0 saturated heterocycles. The molecule has 0 aliphatic heterocycles. The van der Waals surface area contributed by atoms with Crippen molar-refractivity contribution in [2.75, 3.05) is 39.3 Å². The third-order valence-electron chi connectivity index (χ3n) is 2.31. The van der Waals surface area contributed by atoms with Gasteiger partial charge in [-0.15, -0.1) is 0 Å². The highest BCUT2D eigenvalue weighted by Gasteiger charge is 2.08. The van der Waals surface area contributed by atoms with Gasteiger partial charge in [0.2, 0.25) is 0 Å². The summed E-state index contributed by atoms with van der Waals surface area (Å²) in [5.74, 6) is 0.611. The molecular weight excluding hydrogens is 359 g/mol. The summed E-state index contributed by atoms with van der Waals surface area (Å²) in [6.07, 6.45) is 0.868. The molecule has 0 fully saturated rings. The first-order chi connectivity index (χ1) is 9.19. The van der Waals surface area contributed by atoms with Gasteiger partial charge in [0.15, 0.2) is 5.75 Å². The van der Waals surface area contributed by atoms with E-state index < -0.39 is 0 Å². The standard InChI is InChI=1S/C13H17IN2O3/c1-17-3-2-4-18-5-6-19-13-11(14)7-10(9-15)8-12(13)16/h7-8H,2-6,16H2,1H3. The predicted octanol–water partition coefficient (Wildman–Crippen LogP) is 2.18. The fraction of sp³-hybridized carbons (Fsp3) is 0.462. The molecule has 0 heterocycles. The normalized spacial score (nSPS) is 10.2. The SMILES string of the molecule is COCCCOCCOc1c(N)cc(C#N)cc1I. The monoisotopic (exact) mass is 376 g/mol. The van der Waals surface area contributed by atoms with E-state index in [0.29, 0.717) is 43.4 Å². The van der Waals surface area contributed by atoms with Crippen molar-refractivity contribution in [3.8, 4) is 11.8 Å². The molecule has 1 aromatic carbocycles. The summed E-state index contributed by atoms with van der Waals surface area (Å²) < 4.78 is 16.7. The second-order valence-electron chi connectivity index (χ2n) is 3.80. The number of hydrogen-bond donors (Lipinski definition) is 1. The minimum atomic E-state index is 0.430. The third kappa shape index (κ3) is 5.63. The Bertz CT molecular complexity index is 423. The third-order valence-corrected chi connectivity index (χ3v) is 3.11. The number of nitrogen functional groups attached to an aromatic ring is 1. The maximum Gasteiger partial charge on any atom is 0.155 e. The van der Waals surface area contributed by atoms with Gasteiger partial charge in [-0.2, -0.15) is 5.26 Å². The Morgan fingerprint density at radius 3 is 2.68 bits per heavy atom. The summed E-state index contributed by atoms with van der Waals surface area (Å²) in [7, 11) is 1.67. The maximum absolute atomic E-state index is 8.81. The number of nitrogens with two attached hydrogens (primary N) is 1. The highest BCUT2D eigenvalue weighted by molar-refractivity contribution is 14.1. The number of rotatable bonds is 8. The van der Waals surface area contributed by atoms with Crippen molar-refractivity contribution in [3.05, 3.63) is 21.3 Å². The van der Waals surface area contributed by atoms with Gasteiger partial charge in [-0.1, -0.05) is 0 Å². The summed E-state index contributed by atoms with van der Waals surface area (Å²) in [5.41, 5.74) is 6.85. The molecule has 1 rings (SSSR count). The Morgan fingerprint density at radius 2 is 2.05 bits per heavy atom. The van der Waals surface area contributed by atoms with Gasteiger partial charge >= 0.3 is 0 Å². The van der Waals surface area contributed by atoms with E-state index in [1.54, 1.807) is 19.2 Å². The number of nitriles is 1. The van der Waals surface area contributed by atoms with Crippen molar-refractivity contribution in [1.29, 1.82) is 5.26 Å². The number of anilines is 1. The quantitative estimate of drug-likeness (QED) is 0.428. The lowest BCUT2D eigenvalue weighted by molar-refractivity contribution is 0.0806. The molecule has 5 nitrogen and oxygen atoms in total. The smallest absolute Gasteiger partial charge is 0.155 e. The van der Waals surface area contributed by atoms with Gasteiger partial charge in [0.05, 0.1) is 27.5 Å². The predicted molar refractivity (Wildman–Crippen MR) is 81.1 cm³/mol. The number of hydrogen-bond acceptors (Lipinski definition) is 5. The van der Waals surface area contributed by atoms with Crippen LogP contribution in [0.25, 0.3) is 0 Å². The first-order valence-corrected chi connectivity index (χ1v) is 6.95. The van der Waals surface area contributed by atoms with E-state index in [2.05, 4.69) is 28.7 Å². The molecule has 0 aliphatic carbocycles. The number of nitrogens with zero attached hydrogens (tertiary/aromatic N) is 1. The van der Waals surface area contributed by atoms with Crippen molar-refractivity contribution in [3.63, 3.8) is 0 Å². The molecule has 0 radical (unpaired) electrons. The first kappa shape index (κ1) is 16.0. The second kappa shape index (κ2) is 8.96. The summed E-state index contributed by atoms with van der Waals surface area (Å²) in [4.78, 5) is 0. The summed E-state index contributed by atoms with van der Waals surface area (Å²) in [6, 6.07) is 5.40. The second-order valence-corrected chi connectivity index (χ2v) is 4.96. The largest absolute Gasteiger partial charge is 0.488 e. The number of ether oxygens (including phenoxy) is 3. The van der Waals surface area contributed by atoms with E-state index >= 15 is 0 Å². The molecule has 19 heavy (non-hydrogen) atoms. The minimum absolute atomic E-state index is 0.430. The van der Waals surface area contributed by atoms with Crippen molar-refractivity contribution in [2.24, 2.45) is 0 Å². The van der Waals surface area contributed by atoms with Crippen LogP contribution >= 0.6 is 22.6 Å². The molecule has 104 valence electrons. The fourth-order valence-electron chi connectivity index (χ4n) is 1.44. The molecule has 0 aromatic heterocycles. The van der Waals surface area contributed by atoms with Crippen LogP contribution in [0.4, 0.5) is 5.69 Å².